The van der Waals surface area contributed by atoms with E-state index in [1.165, 1.54) is 0 Å². The molecule has 1 rings (SSSR count). The molecule has 0 fully saturated rings. The van der Waals surface area contributed by atoms with E-state index in [-0.39, 0.29) is 12.2 Å². The van der Waals surface area contributed by atoms with Gasteiger partial charge in [-0.25, -0.2) is 0 Å². The van der Waals surface area contributed by atoms with Gasteiger partial charge in [-0.2, -0.15) is 0 Å². The largest absolute Gasteiger partial charge is 0.489 e. The number of hydrogen-bond donors (Lipinski definition) is 1. The van der Waals surface area contributed by atoms with Crippen LogP contribution >= 0.6 is 23.2 Å². The summed E-state index contributed by atoms with van der Waals surface area (Å²) in [7, 11) is 0. The summed E-state index contributed by atoms with van der Waals surface area (Å²) >= 11 is 12.3. The Hall–Kier alpha value is -0.480. The fourth-order valence-electron chi connectivity index (χ4n) is 1.85. The van der Waals surface area contributed by atoms with E-state index in [1.807, 2.05) is 33.8 Å². The van der Waals surface area contributed by atoms with Crippen LogP contribution in [0.15, 0.2) is 12.1 Å². The summed E-state index contributed by atoms with van der Waals surface area (Å²) in [5.74, 6) is 0.710. The minimum atomic E-state index is 0.0712. The van der Waals surface area contributed by atoms with Gasteiger partial charge in [0, 0.05) is 23.7 Å². The Morgan fingerprint density at radius 3 is 2.43 bits per heavy atom. The second-order valence-electron chi connectivity index (χ2n) is 5.49. The van der Waals surface area contributed by atoms with Gasteiger partial charge in [0.25, 0.3) is 0 Å². The molecule has 0 radical (unpaired) electrons. The van der Waals surface area contributed by atoms with Crippen LogP contribution in [0, 0.1) is 0 Å². The molecule has 0 aliphatic rings. The van der Waals surface area contributed by atoms with Crippen molar-refractivity contribution in [1.29, 1.82) is 0 Å². The Labute approximate surface area is 137 Å². The lowest BCUT2D eigenvalue weighted by Gasteiger charge is -2.17. The van der Waals surface area contributed by atoms with Crippen LogP contribution in [-0.4, -0.2) is 25.4 Å². The molecule has 0 spiro atoms. The molecule has 1 aromatic rings. The van der Waals surface area contributed by atoms with Crippen LogP contribution in [0.25, 0.3) is 0 Å². The molecule has 3 nitrogen and oxygen atoms in total. The second-order valence-corrected chi connectivity index (χ2v) is 6.34. The number of ether oxygens (including phenoxy) is 2. The summed E-state index contributed by atoms with van der Waals surface area (Å²) < 4.78 is 11.3. The Kier molecular flexibility index (Phi) is 8.42. The minimum absolute atomic E-state index is 0.0712. The number of benzene rings is 1. The van der Waals surface area contributed by atoms with Gasteiger partial charge < -0.3 is 14.8 Å². The van der Waals surface area contributed by atoms with Crippen molar-refractivity contribution in [3.63, 3.8) is 0 Å². The van der Waals surface area contributed by atoms with E-state index in [1.54, 1.807) is 6.07 Å². The molecule has 1 aromatic carbocycles. The summed E-state index contributed by atoms with van der Waals surface area (Å²) in [5.41, 5.74) is 0.978. The molecule has 0 atom stereocenters. The summed E-state index contributed by atoms with van der Waals surface area (Å²) in [4.78, 5) is 0. The molecule has 0 aliphatic heterocycles. The molecule has 5 heteroatoms. The van der Waals surface area contributed by atoms with Crippen molar-refractivity contribution in [1.82, 2.24) is 5.32 Å². The van der Waals surface area contributed by atoms with E-state index in [0.29, 0.717) is 22.3 Å². The third-order valence-electron chi connectivity index (χ3n) is 2.70. The molecule has 1 N–H and O–H groups in total. The van der Waals surface area contributed by atoms with Gasteiger partial charge >= 0.3 is 0 Å². The molecular formula is C16H25Cl2NO2. The van der Waals surface area contributed by atoms with Gasteiger partial charge in [-0.3, -0.25) is 0 Å². The molecule has 0 bridgehead atoms. The molecule has 0 amide bonds. The highest BCUT2D eigenvalue weighted by Crippen LogP contribution is 2.33. The van der Waals surface area contributed by atoms with Crippen molar-refractivity contribution in [2.45, 2.75) is 52.9 Å². The number of hydrogen-bond acceptors (Lipinski definition) is 3. The lowest BCUT2D eigenvalue weighted by Crippen LogP contribution is -2.18. The van der Waals surface area contributed by atoms with E-state index in [0.717, 1.165) is 25.1 Å². The Balaban J connectivity index is 2.53. The van der Waals surface area contributed by atoms with Crippen molar-refractivity contribution < 1.29 is 9.47 Å². The van der Waals surface area contributed by atoms with Crippen molar-refractivity contribution >= 4 is 23.2 Å². The fraction of sp³-hybridized carbons (Fsp3) is 0.625. The monoisotopic (exact) mass is 333 g/mol. The van der Waals surface area contributed by atoms with Gasteiger partial charge in [-0.1, -0.05) is 23.2 Å². The average Bonchev–Trinajstić information content (AvgIpc) is 2.36. The zero-order valence-electron chi connectivity index (χ0n) is 13.2. The molecule has 120 valence electrons. The van der Waals surface area contributed by atoms with Crippen LogP contribution in [0.3, 0.4) is 0 Å². The van der Waals surface area contributed by atoms with Gasteiger partial charge in [0.2, 0.25) is 0 Å². The topological polar surface area (TPSA) is 30.5 Å². The van der Waals surface area contributed by atoms with Crippen molar-refractivity contribution in [3.8, 4) is 5.75 Å². The minimum Gasteiger partial charge on any atom is -0.489 e. The van der Waals surface area contributed by atoms with E-state index in [9.17, 15) is 0 Å². The SMILES string of the molecule is CC(C)OCCCNCc1cc(Cl)cc(Cl)c1OC(C)C. The van der Waals surface area contributed by atoms with Gasteiger partial charge in [-0.15, -0.1) is 0 Å². The quantitative estimate of drug-likeness (QED) is 0.665. The normalized spacial score (nSPS) is 11.4. The molecule has 0 heterocycles. The van der Waals surface area contributed by atoms with Crippen LogP contribution in [0.4, 0.5) is 0 Å². The van der Waals surface area contributed by atoms with E-state index in [4.69, 9.17) is 32.7 Å². The summed E-state index contributed by atoms with van der Waals surface area (Å²) in [5, 5.41) is 4.54. The Bertz CT molecular complexity index is 437. The number of rotatable bonds is 9. The Morgan fingerprint density at radius 2 is 1.81 bits per heavy atom. The summed E-state index contributed by atoms with van der Waals surface area (Å²) in [6.07, 6.45) is 1.32. The van der Waals surface area contributed by atoms with Gasteiger partial charge in [0.1, 0.15) is 5.75 Å². The predicted octanol–water partition coefficient (Wildman–Crippen LogP) is 4.69. The van der Waals surface area contributed by atoms with Crippen LogP contribution in [0.1, 0.15) is 39.7 Å². The van der Waals surface area contributed by atoms with Gasteiger partial charge in [-0.05, 0) is 52.8 Å². The molecule has 21 heavy (non-hydrogen) atoms. The molecule has 0 saturated carbocycles. The van der Waals surface area contributed by atoms with Crippen LogP contribution < -0.4 is 10.1 Å². The van der Waals surface area contributed by atoms with E-state index in [2.05, 4.69) is 5.32 Å². The van der Waals surface area contributed by atoms with Crippen molar-refractivity contribution in [2.24, 2.45) is 0 Å². The van der Waals surface area contributed by atoms with Gasteiger partial charge in [0.15, 0.2) is 0 Å². The molecule has 0 unspecified atom stereocenters. The number of halogens is 2. The van der Waals surface area contributed by atoms with E-state index < -0.39 is 0 Å². The van der Waals surface area contributed by atoms with Crippen molar-refractivity contribution in [2.75, 3.05) is 13.2 Å². The first-order valence-corrected chi connectivity index (χ1v) is 8.12. The molecule has 0 aliphatic carbocycles. The fourth-order valence-corrected chi connectivity index (χ4v) is 2.43. The maximum Gasteiger partial charge on any atom is 0.142 e. The first kappa shape index (κ1) is 18.6. The average molecular weight is 334 g/mol. The smallest absolute Gasteiger partial charge is 0.142 e. The zero-order chi connectivity index (χ0) is 15.8. The van der Waals surface area contributed by atoms with Crippen LogP contribution in [0.5, 0.6) is 5.75 Å². The highest BCUT2D eigenvalue weighted by atomic mass is 35.5. The standard InChI is InChI=1S/C16H25Cl2NO2/c1-11(2)20-7-5-6-19-10-13-8-14(17)9-15(18)16(13)21-12(3)4/h8-9,11-12,19H,5-7,10H2,1-4H3. The lowest BCUT2D eigenvalue weighted by molar-refractivity contribution is 0.0770. The highest BCUT2D eigenvalue weighted by molar-refractivity contribution is 6.35. The van der Waals surface area contributed by atoms with Crippen molar-refractivity contribution in [3.05, 3.63) is 27.7 Å². The first-order chi connectivity index (χ1) is 9.90. The van der Waals surface area contributed by atoms with Crippen LogP contribution in [0.2, 0.25) is 10.0 Å². The first-order valence-electron chi connectivity index (χ1n) is 7.37. The zero-order valence-corrected chi connectivity index (χ0v) is 14.7. The highest BCUT2D eigenvalue weighted by Gasteiger charge is 2.12. The maximum atomic E-state index is 6.22. The summed E-state index contributed by atoms with van der Waals surface area (Å²) in [6.45, 7) is 10.3. The third-order valence-corrected chi connectivity index (χ3v) is 3.20. The Morgan fingerprint density at radius 1 is 1.10 bits per heavy atom. The van der Waals surface area contributed by atoms with E-state index >= 15 is 0 Å². The van der Waals surface area contributed by atoms with Gasteiger partial charge in [0.05, 0.1) is 17.2 Å². The maximum absolute atomic E-state index is 6.22. The molecule has 0 saturated heterocycles. The third kappa shape index (κ3) is 7.37. The van der Waals surface area contributed by atoms with Crippen LogP contribution in [-0.2, 0) is 11.3 Å². The summed E-state index contributed by atoms with van der Waals surface area (Å²) in [6, 6.07) is 3.60. The lowest BCUT2D eigenvalue weighted by atomic mass is 10.2. The molecular weight excluding hydrogens is 309 g/mol. The second kappa shape index (κ2) is 9.52. The number of nitrogens with one attached hydrogen (secondary N) is 1. The predicted molar refractivity (Wildman–Crippen MR) is 89.6 cm³/mol. The molecule has 0 aromatic heterocycles.